The lowest BCUT2D eigenvalue weighted by molar-refractivity contribution is -0.142. The molecule has 6 heteroatoms. The first kappa shape index (κ1) is 13.3. The van der Waals surface area contributed by atoms with Gasteiger partial charge in [-0.2, -0.15) is 4.37 Å². The lowest BCUT2D eigenvalue weighted by Crippen LogP contribution is -2.42. The summed E-state index contributed by atoms with van der Waals surface area (Å²) in [5, 5.41) is 9.97. The molecule has 0 amide bonds. The van der Waals surface area contributed by atoms with Crippen LogP contribution in [0.5, 0.6) is 0 Å². The Morgan fingerprint density at radius 3 is 2.78 bits per heavy atom. The average Bonchev–Trinajstić information content (AvgIpc) is 2.78. The third-order valence-electron chi connectivity index (χ3n) is 3.42. The number of carboxylic acids is 1. The van der Waals surface area contributed by atoms with E-state index < -0.39 is 5.97 Å². The van der Waals surface area contributed by atoms with Gasteiger partial charge in [0.2, 0.25) is 5.13 Å². The highest BCUT2D eigenvalue weighted by atomic mass is 32.1. The van der Waals surface area contributed by atoms with Gasteiger partial charge in [-0.05, 0) is 19.8 Å². The highest BCUT2D eigenvalue weighted by Gasteiger charge is 2.31. The van der Waals surface area contributed by atoms with E-state index in [9.17, 15) is 4.79 Å². The van der Waals surface area contributed by atoms with E-state index >= 15 is 0 Å². The number of hydrogen-bond acceptors (Lipinski definition) is 5. The summed E-state index contributed by atoms with van der Waals surface area (Å²) in [6.45, 7) is 6.97. The van der Waals surface area contributed by atoms with Crippen molar-refractivity contribution in [1.82, 2.24) is 9.36 Å². The molecule has 1 N–H and O–H groups in total. The predicted molar refractivity (Wildman–Crippen MR) is 71.2 cm³/mol. The van der Waals surface area contributed by atoms with Gasteiger partial charge in [0.15, 0.2) is 0 Å². The Labute approximate surface area is 111 Å². The van der Waals surface area contributed by atoms with Crippen molar-refractivity contribution in [2.45, 2.75) is 45.6 Å². The smallest absolute Gasteiger partial charge is 0.306 e. The zero-order valence-electron chi connectivity index (χ0n) is 11.0. The fraction of sp³-hybridized carbons (Fsp3) is 0.750. The maximum Gasteiger partial charge on any atom is 0.306 e. The second-order valence-corrected chi connectivity index (χ2v) is 5.92. The largest absolute Gasteiger partial charge is 0.481 e. The lowest BCUT2D eigenvalue weighted by Gasteiger charge is -2.35. The first-order valence-electron chi connectivity index (χ1n) is 6.32. The third kappa shape index (κ3) is 2.63. The first-order valence-corrected chi connectivity index (χ1v) is 7.09. The molecule has 2 unspecified atom stereocenters. The van der Waals surface area contributed by atoms with Crippen LogP contribution < -0.4 is 4.90 Å². The van der Waals surface area contributed by atoms with Crippen LogP contribution >= 0.6 is 11.5 Å². The number of piperidine rings is 1. The second-order valence-electron chi connectivity index (χ2n) is 5.19. The summed E-state index contributed by atoms with van der Waals surface area (Å²) in [7, 11) is 0. The summed E-state index contributed by atoms with van der Waals surface area (Å²) < 4.78 is 4.35. The molecule has 0 radical (unpaired) electrons. The lowest BCUT2D eigenvalue weighted by atomic mass is 9.92. The second kappa shape index (κ2) is 5.22. The summed E-state index contributed by atoms with van der Waals surface area (Å²) >= 11 is 1.42. The molecule has 1 aliphatic heterocycles. The highest BCUT2D eigenvalue weighted by Crippen LogP contribution is 2.30. The predicted octanol–water partition coefficient (Wildman–Crippen LogP) is 2.35. The molecule has 1 fully saturated rings. The quantitative estimate of drug-likeness (QED) is 0.912. The molecule has 0 aliphatic carbocycles. The maximum atomic E-state index is 11.0. The molecule has 1 saturated heterocycles. The molecule has 18 heavy (non-hydrogen) atoms. The number of anilines is 1. The normalized spacial score (nSPS) is 24.6. The summed E-state index contributed by atoms with van der Waals surface area (Å²) in [5.74, 6) is 0.319. The molecule has 0 bridgehead atoms. The van der Waals surface area contributed by atoms with E-state index in [0.29, 0.717) is 18.8 Å². The van der Waals surface area contributed by atoms with Gasteiger partial charge in [0.25, 0.3) is 0 Å². The van der Waals surface area contributed by atoms with Gasteiger partial charge in [-0.25, -0.2) is 4.98 Å². The molecule has 5 nitrogen and oxygen atoms in total. The zero-order chi connectivity index (χ0) is 13.3. The maximum absolute atomic E-state index is 11.0. The number of aliphatic carboxylic acids is 1. The van der Waals surface area contributed by atoms with Crippen molar-refractivity contribution < 1.29 is 9.90 Å². The van der Waals surface area contributed by atoms with Crippen LogP contribution in [0.4, 0.5) is 5.13 Å². The molecule has 0 spiro atoms. The van der Waals surface area contributed by atoms with Gasteiger partial charge in [-0.15, -0.1) is 0 Å². The molecular weight excluding hydrogens is 250 g/mol. The number of carboxylic acid groups (broad SMARTS) is 1. The number of aromatic nitrogens is 2. The van der Waals surface area contributed by atoms with E-state index in [1.54, 1.807) is 0 Å². The van der Waals surface area contributed by atoms with Crippen molar-refractivity contribution >= 4 is 22.6 Å². The number of carbonyl (C=O) groups is 1. The van der Waals surface area contributed by atoms with E-state index in [4.69, 9.17) is 5.11 Å². The highest BCUT2D eigenvalue weighted by molar-refractivity contribution is 7.09. The fourth-order valence-electron chi connectivity index (χ4n) is 2.26. The van der Waals surface area contributed by atoms with Crippen molar-refractivity contribution in [3.63, 3.8) is 0 Å². The van der Waals surface area contributed by atoms with Crippen LogP contribution in [0.15, 0.2) is 0 Å². The summed E-state index contributed by atoms with van der Waals surface area (Å²) in [6.07, 6.45) is 1.38. The van der Waals surface area contributed by atoms with E-state index in [0.717, 1.165) is 17.5 Å². The van der Waals surface area contributed by atoms with Gasteiger partial charge < -0.3 is 10.0 Å². The van der Waals surface area contributed by atoms with Gasteiger partial charge in [0.05, 0.1) is 5.92 Å². The van der Waals surface area contributed by atoms with Crippen LogP contribution in [0.2, 0.25) is 0 Å². The molecule has 2 atom stereocenters. The van der Waals surface area contributed by atoms with Crippen molar-refractivity contribution in [3.8, 4) is 0 Å². The fourth-order valence-corrected chi connectivity index (χ4v) is 3.20. The van der Waals surface area contributed by atoms with Crippen molar-refractivity contribution in [1.29, 1.82) is 0 Å². The Hall–Kier alpha value is -1.17. The molecule has 1 aromatic rings. The Morgan fingerprint density at radius 2 is 2.28 bits per heavy atom. The average molecular weight is 269 g/mol. The van der Waals surface area contributed by atoms with Crippen LogP contribution in [0.1, 0.15) is 45.4 Å². The minimum atomic E-state index is -0.679. The molecular formula is C12H19N3O2S. The van der Waals surface area contributed by atoms with Gasteiger partial charge in [0.1, 0.15) is 5.82 Å². The summed E-state index contributed by atoms with van der Waals surface area (Å²) in [4.78, 5) is 17.7. The minimum absolute atomic E-state index is 0.214. The van der Waals surface area contributed by atoms with Crippen LogP contribution in [0.25, 0.3) is 0 Å². The molecule has 0 aromatic carbocycles. The standard InChI is InChI=1S/C12H19N3O2S/c1-7(2)10-13-12(18-14-10)15-5-4-9(11(16)17)6-8(15)3/h7-9H,4-6H2,1-3H3,(H,16,17). The molecule has 0 saturated carbocycles. The van der Waals surface area contributed by atoms with E-state index in [2.05, 4.69) is 35.0 Å². The van der Waals surface area contributed by atoms with Crippen molar-refractivity contribution in [3.05, 3.63) is 5.82 Å². The first-order chi connectivity index (χ1) is 8.49. The van der Waals surface area contributed by atoms with E-state index in [1.165, 1.54) is 11.5 Å². The van der Waals surface area contributed by atoms with Crippen molar-refractivity contribution in [2.24, 2.45) is 5.92 Å². The summed E-state index contributed by atoms with van der Waals surface area (Å²) in [5.41, 5.74) is 0. The SMILES string of the molecule is CC(C)c1nsc(N2CCC(C(=O)O)CC2C)n1. The minimum Gasteiger partial charge on any atom is -0.481 e. The number of nitrogens with zero attached hydrogens (tertiary/aromatic N) is 3. The monoisotopic (exact) mass is 269 g/mol. The van der Waals surface area contributed by atoms with Crippen LogP contribution in [-0.2, 0) is 4.79 Å². The Balaban J connectivity index is 2.08. The molecule has 2 rings (SSSR count). The van der Waals surface area contributed by atoms with Crippen molar-refractivity contribution in [2.75, 3.05) is 11.4 Å². The Kier molecular flexibility index (Phi) is 3.85. The van der Waals surface area contributed by atoms with E-state index in [-0.39, 0.29) is 12.0 Å². The third-order valence-corrected chi connectivity index (χ3v) is 4.19. The Morgan fingerprint density at radius 1 is 1.56 bits per heavy atom. The van der Waals surface area contributed by atoms with Crippen LogP contribution in [0.3, 0.4) is 0 Å². The van der Waals surface area contributed by atoms with Gasteiger partial charge >= 0.3 is 5.97 Å². The van der Waals surface area contributed by atoms with Gasteiger partial charge in [-0.3, -0.25) is 4.79 Å². The van der Waals surface area contributed by atoms with E-state index in [1.807, 2.05) is 0 Å². The Bertz CT molecular complexity index is 433. The van der Waals surface area contributed by atoms with Gasteiger partial charge in [-0.1, -0.05) is 13.8 Å². The molecule has 100 valence electrons. The topological polar surface area (TPSA) is 66.3 Å². The zero-order valence-corrected chi connectivity index (χ0v) is 11.8. The van der Waals surface area contributed by atoms with Gasteiger partial charge in [0, 0.05) is 30.0 Å². The number of hydrogen-bond donors (Lipinski definition) is 1. The molecule has 2 heterocycles. The molecule has 1 aromatic heterocycles. The summed E-state index contributed by atoms with van der Waals surface area (Å²) in [6, 6.07) is 0.216. The molecule has 1 aliphatic rings. The van der Waals surface area contributed by atoms with Crippen LogP contribution in [-0.4, -0.2) is 33.0 Å². The number of rotatable bonds is 3. The van der Waals surface area contributed by atoms with Crippen LogP contribution in [0, 0.1) is 5.92 Å².